The fourth-order valence-electron chi connectivity index (χ4n) is 1.19. The molecule has 0 atom stereocenters. The van der Waals surface area contributed by atoms with Crippen LogP contribution < -0.4 is 0 Å². The van der Waals surface area contributed by atoms with Crippen molar-refractivity contribution in [2.24, 2.45) is 5.92 Å². The van der Waals surface area contributed by atoms with E-state index in [-0.39, 0.29) is 18.1 Å². The third-order valence-corrected chi connectivity index (χ3v) is 2.07. The smallest absolute Gasteiger partial charge is 0.123 e. The molecule has 3 heteroatoms. The van der Waals surface area contributed by atoms with E-state index in [1.165, 1.54) is 0 Å². The first-order valence-electron chi connectivity index (χ1n) is 5.74. The minimum atomic E-state index is 0.0718. The Balaban J connectivity index is 3.50. The first kappa shape index (κ1) is 14.6. The number of rotatable bonds is 9. The normalized spacial score (nSPS) is 11.7. The highest BCUT2D eigenvalue weighted by Gasteiger charge is 2.08. The molecule has 0 N–H and O–H groups in total. The Hall–Kier alpha value is -0.410. The molecule has 3 nitrogen and oxygen atoms in total. The zero-order chi connectivity index (χ0) is 11.7. The summed E-state index contributed by atoms with van der Waals surface area (Å²) in [6.07, 6.45) is 3.08. The van der Waals surface area contributed by atoms with E-state index in [0.29, 0.717) is 13.2 Å². The van der Waals surface area contributed by atoms with Crippen LogP contribution in [0.1, 0.15) is 40.5 Å². The van der Waals surface area contributed by atoms with Gasteiger partial charge in [0.2, 0.25) is 0 Å². The molecule has 0 rings (SSSR count). The van der Waals surface area contributed by atoms with Crippen LogP contribution in [0.15, 0.2) is 0 Å². The average molecular weight is 216 g/mol. The Morgan fingerprint density at radius 3 is 1.60 bits per heavy atom. The van der Waals surface area contributed by atoms with Gasteiger partial charge in [-0.15, -0.1) is 0 Å². The second kappa shape index (κ2) is 8.86. The van der Waals surface area contributed by atoms with Crippen LogP contribution in [0.4, 0.5) is 0 Å². The molecule has 15 heavy (non-hydrogen) atoms. The van der Waals surface area contributed by atoms with Gasteiger partial charge in [-0.05, 0) is 40.5 Å². The van der Waals surface area contributed by atoms with E-state index < -0.39 is 0 Å². The molecule has 0 aliphatic heterocycles. The predicted molar refractivity (Wildman–Crippen MR) is 61.0 cm³/mol. The summed E-state index contributed by atoms with van der Waals surface area (Å²) in [6, 6.07) is 0. The van der Waals surface area contributed by atoms with Gasteiger partial charge in [-0.2, -0.15) is 0 Å². The molecule has 0 unspecified atom stereocenters. The molecule has 0 aromatic carbocycles. The van der Waals surface area contributed by atoms with Crippen LogP contribution in [0.2, 0.25) is 0 Å². The highest BCUT2D eigenvalue weighted by atomic mass is 16.5. The molecule has 0 bridgehead atoms. The summed E-state index contributed by atoms with van der Waals surface area (Å²) in [5, 5.41) is 0. The van der Waals surface area contributed by atoms with Crippen LogP contribution in [0, 0.1) is 5.92 Å². The summed E-state index contributed by atoms with van der Waals surface area (Å²) in [5.41, 5.74) is 0. The molecule has 0 aromatic heterocycles. The van der Waals surface area contributed by atoms with Gasteiger partial charge < -0.3 is 14.3 Å². The third-order valence-electron chi connectivity index (χ3n) is 2.07. The molecule has 0 aliphatic rings. The molecule has 0 fully saturated rings. The number of carbonyl (C=O) groups excluding carboxylic acids is 1. The summed E-state index contributed by atoms with van der Waals surface area (Å²) in [6.45, 7) is 9.30. The molecule has 0 amide bonds. The first-order valence-corrected chi connectivity index (χ1v) is 5.74. The van der Waals surface area contributed by atoms with Crippen LogP contribution in [0.5, 0.6) is 0 Å². The van der Waals surface area contributed by atoms with E-state index in [1.807, 2.05) is 27.7 Å². The standard InChI is InChI=1S/C12H24O3/c1-10(2)14-7-5-12(9-13)6-8-15-11(3)4/h9-12H,5-8H2,1-4H3. The van der Waals surface area contributed by atoms with Crippen molar-refractivity contribution in [3.05, 3.63) is 0 Å². The SMILES string of the molecule is CC(C)OCCC(C=O)CCOC(C)C. The van der Waals surface area contributed by atoms with Crippen LogP contribution in [0.3, 0.4) is 0 Å². The number of aldehydes is 1. The van der Waals surface area contributed by atoms with Crippen molar-refractivity contribution < 1.29 is 14.3 Å². The topological polar surface area (TPSA) is 35.5 Å². The second-order valence-electron chi connectivity index (χ2n) is 4.31. The monoisotopic (exact) mass is 216 g/mol. The minimum Gasteiger partial charge on any atom is -0.379 e. The molecule has 0 aliphatic carbocycles. The van der Waals surface area contributed by atoms with Crippen LogP contribution in [-0.4, -0.2) is 31.7 Å². The van der Waals surface area contributed by atoms with Gasteiger partial charge in [0.1, 0.15) is 6.29 Å². The zero-order valence-electron chi connectivity index (χ0n) is 10.4. The lowest BCUT2D eigenvalue weighted by molar-refractivity contribution is -0.112. The van der Waals surface area contributed by atoms with Crippen LogP contribution in [0.25, 0.3) is 0 Å². The van der Waals surface area contributed by atoms with Crippen LogP contribution in [-0.2, 0) is 14.3 Å². The van der Waals surface area contributed by atoms with Gasteiger partial charge in [0, 0.05) is 19.1 Å². The molecule has 0 spiro atoms. The molecular formula is C12H24O3. The fourth-order valence-corrected chi connectivity index (χ4v) is 1.19. The van der Waals surface area contributed by atoms with Crippen molar-refractivity contribution in [3.63, 3.8) is 0 Å². The maximum atomic E-state index is 10.7. The highest BCUT2D eigenvalue weighted by molar-refractivity contribution is 5.53. The molecule has 0 saturated carbocycles. The summed E-state index contributed by atoms with van der Waals surface area (Å²) in [5.74, 6) is 0.0718. The van der Waals surface area contributed by atoms with Crippen molar-refractivity contribution in [1.82, 2.24) is 0 Å². The molecular weight excluding hydrogens is 192 g/mol. The van der Waals surface area contributed by atoms with Gasteiger partial charge in [0.25, 0.3) is 0 Å². The largest absolute Gasteiger partial charge is 0.379 e. The lowest BCUT2D eigenvalue weighted by Crippen LogP contribution is -2.14. The Morgan fingerprint density at radius 1 is 0.933 bits per heavy atom. The average Bonchev–Trinajstić information content (AvgIpc) is 2.14. The summed E-state index contributed by atoms with van der Waals surface area (Å²) in [4.78, 5) is 10.7. The lowest BCUT2D eigenvalue weighted by atomic mass is 10.0. The Kier molecular flexibility index (Phi) is 8.62. The first-order chi connectivity index (χ1) is 7.06. The maximum absolute atomic E-state index is 10.7. The summed E-state index contributed by atoms with van der Waals surface area (Å²) in [7, 11) is 0. The Morgan fingerprint density at radius 2 is 1.33 bits per heavy atom. The van der Waals surface area contributed by atoms with Gasteiger partial charge in [-0.25, -0.2) is 0 Å². The van der Waals surface area contributed by atoms with E-state index in [0.717, 1.165) is 19.1 Å². The Bertz CT molecular complexity index is 141. The summed E-state index contributed by atoms with van der Waals surface area (Å²) < 4.78 is 10.8. The molecule has 0 aromatic rings. The van der Waals surface area contributed by atoms with E-state index in [9.17, 15) is 4.79 Å². The van der Waals surface area contributed by atoms with E-state index in [1.54, 1.807) is 0 Å². The second-order valence-corrected chi connectivity index (χ2v) is 4.31. The zero-order valence-corrected chi connectivity index (χ0v) is 10.4. The van der Waals surface area contributed by atoms with E-state index in [4.69, 9.17) is 9.47 Å². The molecule has 0 saturated heterocycles. The van der Waals surface area contributed by atoms with Crippen molar-refractivity contribution in [3.8, 4) is 0 Å². The highest BCUT2D eigenvalue weighted by Crippen LogP contribution is 2.07. The van der Waals surface area contributed by atoms with E-state index >= 15 is 0 Å². The van der Waals surface area contributed by atoms with E-state index in [2.05, 4.69) is 0 Å². The quantitative estimate of drug-likeness (QED) is 0.555. The van der Waals surface area contributed by atoms with Gasteiger partial charge in [-0.1, -0.05) is 0 Å². The molecule has 90 valence electrons. The fraction of sp³-hybridized carbons (Fsp3) is 0.917. The van der Waals surface area contributed by atoms with Crippen molar-refractivity contribution in [2.75, 3.05) is 13.2 Å². The number of hydrogen-bond acceptors (Lipinski definition) is 3. The number of ether oxygens (including phenoxy) is 2. The third kappa shape index (κ3) is 9.88. The van der Waals surface area contributed by atoms with Crippen molar-refractivity contribution in [2.45, 2.75) is 52.7 Å². The number of hydrogen-bond donors (Lipinski definition) is 0. The van der Waals surface area contributed by atoms with Crippen LogP contribution >= 0.6 is 0 Å². The lowest BCUT2D eigenvalue weighted by Gasteiger charge is -2.13. The maximum Gasteiger partial charge on any atom is 0.123 e. The van der Waals surface area contributed by atoms with Crippen molar-refractivity contribution >= 4 is 6.29 Å². The molecule has 0 radical (unpaired) electrons. The van der Waals surface area contributed by atoms with Gasteiger partial charge in [-0.3, -0.25) is 0 Å². The van der Waals surface area contributed by atoms with Gasteiger partial charge >= 0.3 is 0 Å². The number of carbonyl (C=O) groups is 1. The van der Waals surface area contributed by atoms with Gasteiger partial charge in [0.05, 0.1) is 12.2 Å². The minimum absolute atomic E-state index is 0.0718. The van der Waals surface area contributed by atoms with Gasteiger partial charge in [0.15, 0.2) is 0 Å². The predicted octanol–water partition coefficient (Wildman–Crippen LogP) is 2.43. The molecule has 0 heterocycles. The van der Waals surface area contributed by atoms with Crippen molar-refractivity contribution in [1.29, 1.82) is 0 Å². The summed E-state index contributed by atoms with van der Waals surface area (Å²) >= 11 is 0. The Labute approximate surface area is 93.1 Å².